The Morgan fingerprint density at radius 2 is 1.89 bits per heavy atom. The van der Waals surface area contributed by atoms with Crippen molar-refractivity contribution < 1.29 is 14.0 Å². The molecule has 1 saturated heterocycles. The molecule has 3 rings (SSSR count). The zero-order valence-corrected chi connectivity index (χ0v) is 15.7. The number of likely N-dealkylation sites (tertiary alicyclic amines) is 1. The maximum absolute atomic E-state index is 12.1. The highest BCUT2D eigenvalue weighted by atomic mass is 16.3. The van der Waals surface area contributed by atoms with Crippen molar-refractivity contribution in [1.29, 1.82) is 0 Å². The highest BCUT2D eigenvalue weighted by Crippen LogP contribution is 2.14. The first-order chi connectivity index (χ1) is 13.1. The Hall–Kier alpha value is -2.60. The number of hydrogen-bond acceptors (Lipinski definition) is 4. The molecule has 1 aliphatic heterocycles. The van der Waals surface area contributed by atoms with Crippen LogP contribution in [0.4, 0.5) is 0 Å². The molecule has 27 heavy (non-hydrogen) atoms. The number of furan rings is 1. The fourth-order valence-electron chi connectivity index (χ4n) is 3.38. The zero-order chi connectivity index (χ0) is 19.1. The van der Waals surface area contributed by atoms with Gasteiger partial charge in [0.2, 0.25) is 5.91 Å². The molecule has 6 nitrogen and oxygen atoms in total. The van der Waals surface area contributed by atoms with E-state index in [-0.39, 0.29) is 24.3 Å². The summed E-state index contributed by atoms with van der Waals surface area (Å²) in [7, 11) is 0. The van der Waals surface area contributed by atoms with Gasteiger partial charge in [-0.25, -0.2) is 0 Å². The van der Waals surface area contributed by atoms with Crippen LogP contribution in [-0.4, -0.2) is 42.4 Å². The molecule has 1 aliphatic rings. The topological polar surface area (TPSA) is 74.6 Å². The highest BCUT2D eigenvalue weighted by Gasteiger charge is 2.20. The van der Waals surface area contributed by atoms with Crippen molar-refractivity contribution in [3.05, 3.63) is 59.5 Å². The van der Waals surface area contributed by atoms with E-state index in [1.807, 2.05) is 6.07 Å². The van der Waals surface area contributed by atoms with Crippen LogP contribution in [0.15, 0.2) is 47.1 Å². The van der Waals surface area contributed by atoms with Crippen molar-refractivity contribution in [1.82, 2.24) is 15.5 Å². The number of nitrogens with zero attached hydrogens (tertiary/aromatic N) is 1. The summed E-state index contributed by atoms with van der Waals surface area (Å²) in [4.78, 5) is 26.5. The Morgan fingerprint density at radius 3 is 2.56 bits per heavy atom. The summed E-state index contributed by atoms with van der Waals surface area (Å²) in [6, 6.07) is 12.3. The number of carbonyl (C=O) groups excluding carboxylic acids is 2. The van der Waals surface area contributed by atoms with Crippen LogP contribution < -0.4 is 10.6 Å². The van der Waals surface area contributed by atoms with Gasteiger partial charge in [-0.05, 0) is 31.4 Å². The molecular formula is C21H27N3O3. The van der Waals surface area contributed by atoms with Crippen LogP contribution in [0.5, 0.6) is 0 Å². The summed E-state index contributed by atoms with van der Waals surface area (Å²) in [6.45, 7) is 4.99. The van der Waals surface area contributed by atoms with E-state index in [2.05, 4.69) is 39.8 Å². The quantitative estimate of drug-likeness (QED) is 0.786. The Kier molecular flexibility index (Phi) is 6.65. The van der Waals surface area contributed by atoms with E-state index in [1.54, 1.807) is 13.0 Å². The number of piperidine rings is 1. The maximum atomic E-state index is 12.1. The first-order valence-corrected chi connectivity index (χ1v) is 9.50. The molecular weight excluding hydrogens is 342 g/mol. The molecule has 6 heteroatoms. The van der Waals surface area contributed by atoms with Crippen LogP contribution in [0.3, 0.4) is 0 Å². The number of hydrogen-bond donors (Lipinski definition) is 2. The summed E-state index contributed by atoms with van der Waals surface area (Å²) >= 11 is 0. The molecule has 0 spiro atoms. The summed E-state index contributed by atoms with van der Waals surface area (Å²) in [5, 5.41) is 5.85. The average Bonchev–Trinajstić information content (AvgIpc) is 3.10. The lowest BCUT2D eigenvalue weighted by molar-refractivity contribution is -0.122. The molecule has 0 atom stereocenters. The highest BCUT2D eigenvalue weighted by molar-refractivity contribution is 5.95. The molecule has 144 valence electrons. The Labute approximate surface area is 159 Å². The first-order valence-electron chi connectivity index (χ1n) is 9.50. The van der Waals surface area contributed by atoms with Gasteiger partial charge in [0.05, 0.1) is 11.8 Å². The van der Waals surface area contributed by atoms with E-state index in [0.29, 0.717) is 17.9 Å². The second-order valence-electron chi connectivity index (χ2n) is 7.00. The summed E-state index contributed by atoms with van der Waals surface area (Å²) < 4.78 is 5.12. The molecule has 2 aromatic rings. The van der Waals surface area contributed by atoms with Gasteiger partial charge in [0.15, 0.2) is 0 Å². The number of aryl methyl sites for hydroxylation is 1. The second kappa shape index (κ2) is 9.37. The van der Waals surface area contributed by atoms with E-state index >= 15 is 0 Å². The fourth-order valence-corrected chi connectivity index (χ4v) is 3.38. The van der Waals surface area contributed by atoms with Gasteiger partial charge >= 0.3 is 0 Å². The Balaban J connectivity index is 1.32. The summed E-state index contributed by atoms with van der Waals surface area (Å²) in [6.07, 6.45) is 3.69. The van der Waals surface area contributed by atoms with E-state index in [0.717, 1.165) is 32.5 Å². The average molecular weight is 369 g/mol. The lowest BCUT2D eigenvalue weighted by Gasteiger charge is -2.32. The predicted molar refractivity (Wildman–Crippen MR) is 103 cm³/mol. The number of carbonyl (C=O) groups is 2. The van der Waals surface area contributed by atoms with Crippen molar-refractivity contribution in [3.63, 3.8) is 0 Å². The monoisotopic (exact) mass is 369 g/mol. The third-order valence-electron chi connectivity index (χ3n) is 4.94. The molecule has 1 aromatic carbocycles. The van der Waals surface area contributed by atoms with Crippen molar-refractivity contribution in [2.24, 2.45) is 0 Å². The van der Waals surface area contributed by atoms with Gasteiger partial charge < -0.3 is 15.1 Å². The maximum Gasteiger partial charge on any atom is 0.254 e. The van der Waals surface area contributed by atoms with Crippen LogP contribution in [0.1, 0.15) is 40.9 Å². The van der Waals surface area contributed by atoms with Crippen LogP contribution in [0, 0.1) is 6.92 Å². The molecule has 1 aromatic heterocycles. The van der Waals surface area contributed by atoms with Crippen LogP contribution >= 0.6 is 0 Å². The molecule has 0 saturated carbocycles. The molecule has 1 fully saturated rings. The van der Waals surface area contributed by atoms with Gasteiger partial charge in [-0.2, -0.15) is 0 Å². The van der Waals surface area contributed by atoms with Gasteiger partial charge in [-0.1, -0.05) is 30.3 Å². The predicted octanol–water partition coefficient (Wildman–Crippen LogP) is 2.49. The van der Waals surface area contributed by atoms with Gasteiger partial charge in [0, 0.05) is 38.6 Å². The van der Waals surface area contributed by atoms with Crippen molar-refractivity contribution in [2.75, 3.05) is 19.6 Å². The molecule has 2 heterocycles. The zero-order valence-electron chi connectivity index (χ0n) is 15.7. The molecule has 0 unspecified atom stereocenters. The summed E-state index contributed by atoms with van der Waals surface area (Å²) in [5.41, 5.74) is 1.84. The van der Waals surface area contributed by atoms with Gasteiger partial charge in [0.25, 0.3) is 5.91 Å². The van der Waals surface area contributed by atoms with E-state index in [4.69, 9.17) is 4.42 Å². The Morgan fingerprint density at radius 1 is 1.15 bits per heavy atom. The minimum Gasteiger partial charge on any atom is -0.469 e. The van der Waals surface area contributed by atoms with E-state index in [1.165, 1.54) is 11.8 Å². The minimum absolute atomic E-state index is 0.0132. The number of nitrogens with one attached hydrogen (secondary N) is 2. The number of amides is 2. The standard InChI is InChI=1S/C21H27N3O3/c1-16-19(10-14-27-16)21(26)22-11-7-20(25)23-18-8-12-24(13-9-18)15-17-5-3-2-4-6-17/h2-6,10,14,18H,7-9,11-13,15H2,1H3,(H,22,26)(H,23,25). The lowest BCUT2D eigenvalue weighted by Crippen LogP contribution is -2.45. The van der Waals surface area contributed by atoms with E-state index < -0.39 is 0 Å². The molecule has 2 amide bonds. The van der Waals surface area contributed by atoms with E-state index in [9.17, 15) is 9.59 Å². The number of benzene rings is 1. The van der Waals surface area contributed by atoms with Crippen molar-refractivity contribution in [3.8, 4) is 0 Å². The largest absolute Gasteiger partial charge is 0.469 e. The molecule has 2 N–H and O–H groups in total. The molecule has 0 aliphatic carbocycles. The minimum atomic E-state index is -0.205. The summed E-state index contributed by atoms with van der Waals surface area (Å²) in [5.74, 6) is 0.364. The molecule has 0 radical (unpaired) electrons. The molecule has 0 bridgehead atoms. The first kappa shape index (κ1) is 19.2. The van der Waals surface area contributed by atoms with Crippen LogP contribution in [0.25, 0.3) is 0 Å². The smallest absolute Gasteiger partial charge is 0.254 e. The number of rotatable bonds is 7. The third kappa shape index (κ3) is 5.69. The lowest BCUT2D eigenvalue weighted by atomic mass is 10.0. The fraction of sp³-hybridized carbons (Fsp3) is 0.429. The van der Waals surface area contributed by atoms with Crippen molar-refractivity contribution in [2.45, 2.75) is 38.8 Å². The Bertz CT molecular complexity index is 749. The second-order valence-corrected chi connectivity index (χ2v) is 7.00. The van der Waals surface area contributed by atoms with Crippen LogP contribution in [-0.2, 0) is 11.3 Å². The van der Waals surface area contributed by atoms with Gasteiger partial charge in [-0.3, -0.25) is 14.5 Å². The van der Waals surface area contributed by atoms with Crippen LogP contribution in [0.2, 0.25) is 0 Å². The van der Waals surface area contributed by atoms with Gasteiger partial charge in [0.1, 0.15) is 5.76 Å². The SMILES string of the molecule is Cc1occc1C(=O)NCCC(=O)NC1CCN(Cc2ccccc2)CC1. The van der Waals surface area contributed by atoms with Gasteiger partial charge in [-0.15, -0.1) is 0 Å². The van der Waals surface area contributed by atoms with Crippen molar-refractivity contribution >= 4 is 11.8 Å². The third-order valence-corrected chi connectivity index (χ3v) is 4.94. The normalized spacial score (nSPS) is 15.4.